The zero-order valence-electron chi connectivity index (χ0n) is 30.1. The molecule has 7 aromatic carbocycles. The highest BCUT2D eigenvalue weighted by Crippen LogP contribution is 2.47. The summed E-state index contributed by atoms with van der Waals surface area (Å²) in [7, 11) is 0. The molecule has 0 saturated heterocycles. The van der Waals surface area contributed by atoms with Crippen molar-refractivity contribution in [3.8, 4) is 102 Å². The fraction of sp³-hybridized carbons (Fsp3) is 0. The Kier molecular flexibility index (Phi) is 8.39. The van der Waals surface area contributed by atoms with Gasteiger partial charge < -0.3 is 9.47 Å². The van der Waals surface area contributed by atoms with Crippen molar-refractivity contribution in [3.63, 3.8) is 0 Å². The molecular weight excluding hydrogens is 689 g/mol. The van der Waals surface area contributed by atoms with Crippen molar-refractivity contribution < 1.29 is 9.47 Å². The molecule has 264 valence electrons. The van der Waals surface area contributed by atoms with Gasteiger partial charge in [0.25, 0.3) is 0 Å². The first-order valence-corrected chi connectivity index (χ1v) is 18.5. The van der Waals surface area contributed by atoms with Crippen molar-refractivity contribution in [3.05, 3.63) is 194 Å². The van der Waals surface area contributed by atoms with Crippen LogP contribution in [0.1, 0.15) is 0 Å². The number of hydrogen-bond donors (Lipinski definition) is 0. The number of rotatable bonds is 7. The average molecular weight is 721 g/mol. The number of fused-ring (bicyclic) bond motifs is 2. The number of hydrogen-bond acceptors (Lipinski definition) is 6. The molecule has 0 aliphatic carbocycles. The third-order valence-corrected chi connectivity index (χ3v) is 9.79. The monoisotopic (exact) mass is 720 g/mol. The van der Waals surface area contributed by atoms with Crippen LogP contribution in [0.25, 0.3) is 78.9 Å². The Morgan fingerprint density at radius 3 is 1.12 bits per heavy atom. The van der Waals surface area contributed by atoms with Gasteiger partial charge in [0.1, 0.15) is 0 Å². The standard InChI is InChI=1S/C50H32N4O2/c1-5-15-33(16-6-1)41-31-42(34-17-7-2-8-18-34)52-49(51-41)38-25-27-39(37-26-28-47-48(30-37)56-46-24-14-13-23-45(46)55-47)40(29-38)50-53-43(35-19-9-3-10-20-35)32-44(54-50)36-21-11-4-12-22-36/h1-32H. The number of benzene rings is 7. The van der Waals surface area contributed by atoms with Crippen LogP contribution in [-0.2, 0) is 0 Å². The molecule has 0 bridgehead atoms. The van der Waals surface area contributed by atoms with E-state index in [0.717, 1.165) is 67.3 Å². The minimum Gasteiger partial charge on any atom is -0.450 e. The second kappa shape index (κ2) is 14.3. The normalized spacial score (nSPS) is 11.5. The van der Waals surface area contributed by atoms with Gasteiger partial charge in [-0.15, -0.1) is 0 Å². The number of nitrogens with zero attached hydrogens (tertiary/aromatic N) is 4. The van der Waals surface area contributed by atoms with Crippen LogP contribution in [0.4, 0.5) is 0 Å². The van der Waals surface area contributed by atoms with Crippen LogP contribution in [0.15, 0.2) is 194 Å². The Hall–Kier alpha value is -7.70. The first kappa shape index (κ1) is 32.9. The summed E-state index contributed by atoms with van der Waals surface area (Å²) in [6.07, 6.45) is 0. The van der Waals surface area contributed by atoms with Gasteiger partial charge in [-0.2, -0.15) is 0 Å². The number of ether oxygens (including phenoxy) is 2. The lowest BCUT2D eigenvalue weighted by atomic mass is 9.95. The summed E-state index contributed by atoms with van der Waals surface area (Å²) in [4.78, 5) is 20.8. The minimum absolute atomic E-state index is 0.574. The van der Waals surface area contributed by atoms with Gasteiger partial charge in [0, 0.05) is 33.4 Å². The van der Waals surface area contributed by atoms with Crippen LogP contribution in [0.5, 0.6) is 23.0 Å². The van der Waals surface area contributed by atoms with Gasteiger partial charge in [0.2, 0.25) is 0 Å². The molecule has 0 unspecified atom stereocenters. The van der Waals surface area contributed by atoms with Crippen molar-refractivity contribution in [2.24, 2.45) is 0 Å². The third kappa shape index (κ3) is 6.46. The van der Waals surface area contributed by atoms with E-state index in [1.165, 1.54) is 0 Å². The van der Waals surface area contributed by atoms with Gasteiger partial charge in [-0.1, -0.05) is 152 Å². The largest absolute Gasteiger partial charge is 0.450 e. The molecule has 2 aromatic heterocycles. The summed E-state index contributed by atoms with van der Waals surface area (Å²) < 4.78 is 12.6. The predicted octanol–water partition coefficient (Wildman–Crippen LogP) is 12.8. The third-order valence-electron chi connectivity index (χ3n) is 9.79. The molecule has 6 heteroatoms. The molecular formula is C50H32N4O2. The highest BCUT2D eigenvalue weighted by Gasteiger charge is 2.22. The van der Waals surface area contributed by atoms with Gasteiger partial charge in [0.05, 0.1) is 22.8 Å². The number of para-hydroxylation sites is 2. The summed E-state index contributed by atoms with van der Waals surface area (Å²) in [6.45, 7) is 0. The van der Waals surface area contributed by atoms with E-state index in [1.807, 2.05) is 115 Å². The Labute approximate surface area is 324 Å². The van der Waals surface area contributed by atoms with Gasteiger partial charge in [-0.25, -0.2) is 19.9 Å². The lowest BCUT2D eigenvalue weighted by molar-refractivity contribution is 0.360. The molecule has 0 amide bonds. The second-order valence-corrected chi connectivity index (χ2v) is 13.5. The van der Waals surface area contributed by atoms with Gasteiger partial charge in [0.15, 0.2) is 34.6 Å². The summed E-state index contributed by atoms with van der Waals surface area (Å²) in [5.74, 6) is 3.81. The minimum atomic E-state index is 0.574. The fourth-order valence-corrected chi connectivity index (χ4v) is 6.99. The molecule has 0 N–H and O–H groups in total. The smallest absolute Gasteiger partial charge is 0.170 e. The zero-order chi connectivity index (χ0) is 37.3. The van der Waals surface area contributed by atoms with Gasteiger partial charge in [-0.05, 0) is 53.6 Å². The molecule has 10 rings (SSSR count). The van der Waals surface area contributed by atoms with E-state index in [0.29, 0.717) is 34.6 Å². The van der Waals surface area contributed by atoms with Crippen molar-refractivity contribution in [1.82, 2.24) is 19.9 Å². The van der Waals surface area contributed by atoms with Gasteiger partial charge in [-0.3, -0.25) is 0 Å². The summed E-state index contributed by atoms with van der Waals surface area (Å²) in [5.41, 5.74) is 10.8. The van der Waals surface area contributed by atoms with Gasteiger partial charge >= 0.3 is 0 Å². The molecule has 9 aromatic rings. The zero-order valence-corrected chi connectivity index (χ0v) is 30.1. The maximum absolute atomic E-state index is 6.37. The van der Waals surface area contributed by atoms with Crippen LogP contribution in [-0.4, -0.2) is 19.9 Å². The average Bonchev–Trinajstić information content (AvgIpc) is 3.29. The molecule has 6 nitrogen and oxygen atoms in total. The lowest BCUT2D eigenvalue weighted by Crippen LogP contribution is -2.01. The maximum atomic E-state index is 6.37. The van der Waals surface area contributed by atoms with Crippen molar-refractivity contribution >= 4 is 0 Å². The maximum Gasteiger partial charge on any atom is 0.170 e. The molecule has 3 heterocycles. The SMILES string of the molecule is c1ccc(-c2cc(-c3ccccc3)nc(-c3ccc(-c4ccc5c(c4)Oc4ccccc4O5)c(-c4nc(-c5ccccc5)cc(-c5ccccc5)n4)c3)n2)cc1. The predicted molar refractivity (Wildman–Crippen MR) is 222 cm³/mol. The molecule has 1 aliphatic heterocycles. The van der Waals surface area contributed by atoms with E-state index in [9.17, 15) is 0 Å². The summed E-state index contributed by atoms with van der Waals surface area (Å²) >= 11 is 0. The molecule has 56 heavy (non-hydrogen) atoms. The van der Waals surface area contributed by atoms with Crippen LogP contribution in [0.3, 0.4) is 0 Å². The molecule has 0 atom stereocenters. The van der Waals surface area contributed by atoms with Crippen LogP contribution >= 0.6 is 0 Å². The molecule has 0 saturated carbocycles. The molecule has 0 spiro atoms. The van der Waals surface area contributed by atoms with E-state index < -0.39 is 0 Å². The molecule has 1 aliphatic rings. The Morgan fingerprint density at radius 2 is 0.643 bits per heavy atom. The quantitative estimate of drug-likeness (QED) is 0.163. The lowest BCUT2D eigenvalue weighted by Gasteiger charge is -2.21. The second-order valence-electron chi connectivity index (χ2n) is 13.5. The number of aromatic nitrogens is 4. The summed E-state index contributed by atoms with van der Waals surface area (Å²) in [6, 6.07) is 65.0. The molecule has 0 radical (unpaired) electrons. The fourth-order valence-electron chi connectivity index (χ4n) is 6.99. The molecule has 0 fully saturated rings. The first-order chi connectivity index (χ1) is 27.7. The van der Waals surface area contributed by atoms with E-state index in [2.05, 4.69) is 78.9 Å². The van der Waals surface area contributed by atoms with E-state index in [1.54, 1.807) is 0 Å². The van der Waals surface area contributed by atoms with Crippen molar-refractivity contribution in [1.29, 1.82) is 0 Å². The van der Waals surface area contributed by atoms with E-state index >= 15 is 0 Å². The van der Waals surface area contributed by atoms with E-state index in [4.69, 9.17) is 29.4 Å². The highest BCUT2D eigenvalue weighted by molar-refractivity contribution is 5.87. The topological polar surface area (TPSA) is 70.0 Å². The highest BCUT2D eigenvalue weighted by atomic mass is 16.6. The Balaban J connectivity index is 1.19. The van der Waals surface area contributed by atoms with E-state index in [-0.39, 0.29) is 0 Å². The summed E-state index contributed by atoms with van der Waals surface area (Å²) in [5, 5.41) is 0. The van der Waals surface area contributed by atoms with Crippen LogP contribution < -0.4 is 9.47 Å². The first-order valence-electron chi connectivity index (χ1n) is 18.5. The van der Waals surface area contributed by atoms with Crippen LogP contribution in [0, 0.1) is 0 Å². The van der Waals surface area contributed by atoms with Crippen LogP contribution in [0.2, 0.25) is 0 Å². The Bertz CT molecular complexity index is 2730. The van der Waals surface area contributed by atoms with Crippen molar-refractivity contribution in [2.45, 2.75) is 0 Å². The Morgan fingerprint density at radius 1 is 0.250 bits per heavy atom. The van der Waals surface area contributed by atoms with Crippen molar-refractivity contribution in [2.75, 3.05) is 0 Å².